The number of ether oxygens (including phenoxy) is 1. The summed E-state index contributed by atoms with van der Waals surface area (Å²) in [5.41, 5.74) is 2.73. The summed E-state index contributed by atoms with van der Waals surface area (Å²) in [6, 6.07) is 5.35. The second-order valence-electron chi connectivity index (χ2n) is 7.93. The van der Waals surface area contributed by atoms with Crippen LogP contribution in [0.3, 0.4) is 0 Å². The van der Waals surface area contributed by atoms with E-state index in [1.54, 1.807) is 18.3 Å². The third kappa shape index (κ3) is 3.96. The molecule has 1 unspecified atom stereocenters. The molecule has 2 aliphatic heterocycles. The maximum Gasteiger partial charge on any atom is 0.270 e. The summed E-state index contributed by atoms with van der Waals surface area (Å²) in [5.74, 6) is -0.212. The van der Waals surface area contributed by atoms with Crippen molar-refractivity contribution in [3.8, 4) is 0 Å². The Kier molecular flexibility index (Phi) is 6.11. The van der Waals surface area contributed by atoms with E-state index in [-0.39, 0.29) is 23.9 Å². The number of aromatic nitrogens is 2. The molecule has 0 spiro atoms. The lowest BCUT2D eigenvalue weighted by molar-refractivity contribution is 0.0683. The molecule has 0 aromatic carbocycles. The van der Waals surface area contributed by atoms with E-state index in [2.05, 4.69) is 17.2 Å². The number of carbonyl (C=O) groups excluding carboxylic acids is 2. The lowest BCUT2D eigenvalue weighted by Gasteiger charge is -2.24. The molecule has 1 saturated heterocycles. The first-order valence-corrected chi connectivity index (χ1v) is 10.9. The van der Waals surface area contributed by atoms with Crippen molar-refractivity contribution in [3.05, 3.63) is 52.1 Å². The van der Waals surface area contributed by atoms with Gasteiger partial charge < -0.3 is 19.5 Å². The van der Waals surface area contributed by atoms with Gasteiger partial charge in [0.2, 0.25) is 0 Å². The van der Waals surface area contributed by atoms with Crippen LogP contribution in [-0.2, 0) is 17.9 Å². The normalized spacial score (nSPS) is 19.4. The number of hydrogen-bond acceptors (Lipinski definition) is 4. The van der Waals surface area contributed by atoms with Gasteiger partial charge in [0.1, 0.15) is 10.8 Å². The molecule has 0 bridgehead atoms. The summed E-state index contributed by atoms with van der Waals surface area (Å²) in [6.45, 7) is 6.27. The Labute approximate surface area is 181 Å². The van der Waals surface area contributed by atoms with Crippen molar-refractivity contribution < 1.29 is 14.3 Å². The number of nitrogens with zero attached hydrogens (tertiary/aromatic N) is 3. The summed E-state index contributed by atoms with van der Waals surface area (Å²) < 4.78 is 7.56. The van der Waals surface area contributed by atoms with Crippen LogP contribution >= 0.6 is 11.6 Å². The molecule has 0 aliphatic carbocycles. The first-order valence-electron chi connectivity index (χ1n) is 10.5. The van der Waals surface area contributed by atoms with E-state index in [1.165, 1.54) is 0 Å². The molecule has 4 rings (SSSR count). The molecule has 4 heterocycles. The Bertz CT molecular complexity index is 941. The SMILES string of the molecule is CC[C@@H](NC(=O)c1cc(C(=O)N2CCCC2C)n2c1COCC2)c1ccc(Cl)nc1. The molecule has 1 fully saturated rings. The van der Waals surface area contributed by atoms with Crippen LogP contribution in [0.5, 0.6) is 0 Å². The van der Waals surface area contributed by atoms with Crippen molar-refractivity contribution >= 4 is 23.4 Å². The third-order valence-electron chi connectivity index (χ3n) is 6.05. The summed E-state index contributed by atoms with van der Waals surface area (Å²) in [7, 11) is 0. The van der Waals surface area contributed by atoms with Crippen LogP contribution in [-0.4, -0.2) is 45.5 Å². The van der Waals surface area contributed by atoms with Crippen LogP contribution in [0.1, 0.15) is 71.3 Å². The van der Waals surface area contributed by atoms with E-state index >= 15 is 0 Å². The number of fused-ring (bicyclic) bond motifs is 1. The van der Waals surface area contributed by atoms with Crippen molar-refractivity contribution in [2.75, 3.05) is 13.2 Å². The van der Waals surface area contributed by atoms with Crippen LogP contribution in [0, 0.1) is 0 Å². The predicted octanol–water partition coefficient (Wildman–Crippen LogP) is 3.57. The molecule has 1 N–H and O–H groups in total. The number of pyridine rings is 1. The topological polar surface area (TPSA) is 76.5 Å². The highest BCUT2D eigenvalue weighted by molar-refractivity contribution is 6.29. The molecule has 0 saturated carbocycles. The minimum atomic E-state index is -0.209. The quantitative estimate of drug-likeness (QED) is 0.735. The Morgan fingerprint density at radius 1 is 1.37 bits per heavy atom. The summed E-state index contributed by atoms with van der Waals surface area (Å²) in [5, 5.41) is 3.50. The van der Waals surface area contributed by atoms with Crippen LogP contribution in [0.4, 0.5) is 0 Å². The highest BCUT2D eigenvalue weighted by Crippen LogP contribution is 2.26. The average molecular weight is 431 g/mol. The standard InChI is InChI=1S/C22H27ClN4O3/c1-3-17(15-6-7-20(23)24-12-15)25-21(28)16-11-18(27-9-10-30-13-19(16)27)22(29)26-8-4-5-14(26)2/h6-7,11-12,14,17H,3-5,8-10,13H2,1-2H3,(H,25,28)/t14?,17-/m1/s1. The Balaban J connectivity index is 1.61. The number of carbonyl (C=O) groups is 2. The van der Waals surface area contributed by atoms with Crippen molar-refractivity contribution in [2.24, 2.45) is 0 Å². The van der Waals surface area contributed by atoms with Crippen molar-refractivity contribution in [3.63, 3.8) is 0 Å². The minimum absolute atomic E-state index is 0.00357. The van der Waals surface area contributed by atoms with Gasteiger partial charge in [-0.3, -0.25) is 9.59 Å². The van der Waals surface area contributed by atoms with E-state index in [4.69, 9.17) is 16.3 Å². The van der Waals surface area contributed by atoms with Gasteiger partial charge in [0.15, 0.2) is 0 Å². The third-order valence-corrected chi connectivity index (χ3v) is 6.27. The summed E-state index contributed by atoms with van der Waals surface area (Å²) in [6.07, 6.45) is 4.42. The zero-order valence-corrected chi connectivity index (χ0v) is 18.1. The Morgan fingerprint density at radius 2 is 2.20 bits per heavy atom. The molecule has 2 atom stereocenters. The molecular formula is C22H27ClN4O3. The largest absolute Gasteiger partial charge is 0.373 e. The van der Waals surface area contributed by atoms with Gasteiger partial charge in [-0.25, -0.2) is 4.98 Å². The highest BCUT2D eigenvalue weighted by atomic mass is 35.5. The second-order valence-corrected chi connectivity index (χ2v) is 8.32. The van der Waals surface area contributed by atoms with Gasteiger partial charge in [0.05, 0.1) is 30.5 Å². The lowest BCUT2D eigenvalue weighted by atomic mass is 10.1. The van der Waals surface area contributed by atoms with E-state index in [0.29, 0.717) is 42.6 Å². The molecule has 8 heteroatoms. The number of hydrogen-bond donors (Lipinski definition) is 1. The fourth-order valence-corrected chi connectivity index (χ4v) is 4.44. The molecule has 0 radical (unpaired) electrons. The van der Waals surface area contributed by atoms with E-state index in [0.717, 1.165) is 30.6 Å². The maximum absolute atomic E-state index is 13.2. The molecule has 30 heavy (non-hydrogen) atoms. The van der Waals surface area contributed by atoms with Crippen LogP contribution < -0.4 is 5.32 Å². The number of halogens is 1. The van der Waals surface area contributed by atoms with Gasteiger partial charge in [-0.2, -0.15) is 0 Å². The van der Waals surface area contributed by atoms with Crippen LogP contribution in [0.15, 0.2) is 24.4 Å². The summed E-state index contributed by atoms with van der Waals surface area (Å²) in [4.78, 5) is 32.4. The zero-order valence-electron chi connectivity index (χ0n) is 17.4. The molecule has 2 aliphatic rings. The Morgan fingerprint density at radius 3 is 2.87 bits per heavy atom. The smallest absolute Gasteiger partial charge is 0.270 e. The minimum Gasteiger partial charge on any atom is -0.373 e. The van der Waals surface area contributed by atoms with Gasteiger partial charge in [-0.1, -0.05) is 24.6 Å². The summed E-state index contributed by atoms with van der Waals surface area (Å²) >= 11 is 5.89. The number of rotatable bonds is 5. The predicted molar refractivity (Wildman–Crippen MR) is 114 cm³/mol. The lowest BCUT2D eigenvalue weighted by Crippen LogP contribution is -2.35. The molecule has 2 aromatic rings. The molecule has 2 aromatic heterocycles. The first-order chi connectivity index (χ1) is 14.5. The van der Waals surface area contributed by atoms with Crippen LogP contribution in [0.25, 0.3) is 0 Å². The van der Waals surface area contributed by atoms with Crippen molar-refractivity contribution in [2.45, 2.75) is 58.3 Å². The average Bonchev–Trinajstić information content (AvgIpc) is 3.36. The van der Waals surface area contributed by atoms with Gasteiger partial charge in [0.25, 0.3) is 11.8 Å². The molecule has 7 nitrogen and oxygen atoms in total. The second kappa shape index (κ2) is 8.78. The van der Waals surface area contributed by atoms with Crippen molar-refractivity contribution in [1.29, 1.82) is 0 Å². The van der Waals surface area contributed by atoms with Crippen molar-refractivity contribution in [1.82, 2.24) is 19.8 Å². The fraction of sp³-hybridized carbons (Fsp3) is 0.500. The van der Waals surface area contributed by atoms with E-state index in [1.807, 2.05) is 22.5 Å². The zero-order chi connectivity index (χ0) is 21.3. The van der Waals surface area contributed by atoms with E-state index < -0.39 is 0 Å². The molecule has 160 valence electrons. The highest BCUT2D eigenvalue weighted by Gasteiger charge is 2.32. The number of nitrogens with one attached hydrogen (secondary N) is 1. The number of amides is 2. The van der Waals surface area contributed by atoms with Gasteiger partial charge in [-0.05, 0) is 43.9 Å². The number of likely N-dealkylation sites (tertiary alicyclic amines) is 1. The monoisotopic (exact) mass is 430 g/mol. The molecular weight excluding hydrogens is 404 g/mol. The maximum atomic E-state index is 13.2. The van der Waals surface area contributed by atoms with E-state index in [9.17, 15) is 9.59 Å². The molecule has 2 amide bonds. The first kappa shape index (κ1) is 20.9. The van der Waals surface area contributed by atoms with Gasteiger partial charge in [-0.15, -0.1) is 0 Å². The van der Waals surface area contributed by atoms with Crippen LogP contribution in [0.2, 0.25) is 5.15 Å². The van der Waals surface area contributed by atoms with Gasteiger partial charge >= 0.3 is 0 Å². The Hall–Kier alpha value is -2.38. The van der Waals surface area contributed by atoms with Gasteiger partial charge in [0, 0.05) is 25.3 Å². The fourth-order valence-electron chi connectivity index (χ4n) is 4.33.